The van der Waals surface area contributed by atoms with Gasteiger partial charge >= 0.3 is 0 Å². The summed E-state index contributed by atoms with van der Waals surface area (Å²) in [5, 5.41) is 0. The van der Waals surface area contributed by atoms with Gasteiger partial charge in [0, 0.05) is 16.5 Å². The van der Waals surface area contributed by atoms with Crippen LogP contribution in [0.4, 0.5) is 0 Å². The Bertz CT molecular complexity index is 271. The first-order chi connectivity index (χ1) is 5.83. The van der Waals surface area contributed by atoms with Crippen LogP contribution in [0.1, 0.15) is 29.3 Å². The molecule has 1 heterocycles. The summed E-state index contributed by atoms with van der Waals surface area (Å²) in [5.41, 5.74) is 7.10. The third kappa shape index (κ3) is 1.11. The lowest BCUT2D eigenvalue weighted by Gasteiger charge is -2.17. The van der Waals surface area contributed by atoms with Crippen LogP contribution in [0, 0.1) is 0 Å². The van der Waals surface area contributed by atoms with Gasteiger partial charge in [-0.3, -0.25) is 0 Å². The number of hydrogen-bond acceptors (Lipinski definition) is 4. The lowest BCUT2D eigenvalue weighted by Crippen LogP contribution is -2.16. The highest BCUT2D eigenvalue weighted by Gasteiger charge is 2.24. The molecule has 0 aliphatic heterocycles. The minimum absolute atomic E-state index is 0.141. The first-order valence-corrected chi connectivity index (χ1v) is 4.88. The van der Waals surface area contributed by atoms with Crippen LogP contribution < -0.4 is 10.5 Å². The molecule has 2 rings (SSSR count). The van der Waals surface area contributed by atoms with E-state index in [2.05, 4.69) is 4.37 Å². The molecule has 2 N–H and O–H groups in total. The fourth-order valence-electron chi connectivity index (χ4n) is 1.63. The smallest absolute Gasteiger partial charge is 0.230 e. The summed E-state index contributed by atoms with van der Waals surface area (Å²) in [5.74, 6) is 0.738. The minimum Gasteiger partial charge on any atom is -0.480 e. The first-order valence-electron chi connectivity index (χ1n) is 4.11. The fraction of sp³-hybridized carbons (Fsp3) is 0.625. The van der Waals surface area contributed by atoms with Crippen molar-refractivity contribution < 1.29 is 4.74 Å². The van der Waals surface area contributed by atoms with E-state index in [1.807, 2.05) is 0 Å². The van der Waals surface area contributed by atoms with E-state index < -0.39 is 0 Å². The Balaban J connectivity index is 2.43. The third-order valence-electron chi connectivity index (χ3n) is 2.25. The molecule has 4 heteroatoms. The second kappa shape index (κ2) is 3.03. The van der Waals surface area contributed by atoms with Crippen LogP contribution >= 0.6 is 11.5 Å². The number of nitrogens with two attached hydrogens (primary N) is 1. The molecule has 0 radical (unpaired) electrons. The van der Waals surface area contributed by atoms with Gasteiger partial charge in [0.1, 0.15) is 0 Å². The zero-order valence-electron chi connectivity index (χ0n) is 7.04. The van der Waals surface area contributed by atoms with Crippen LogP contribution in [-0.2, 0) is 6.42 Å². The molecule has 66 valence electrons. The van der Waals surface area contributed by atoms with Crippen molar-refractivity contribution in [3.05, 3.63) is 10.4 Å². The molecular weight excluding hydrogens is 172 g/mol. The number of rotatable bonds is 1. The zero-order chi connectivity index (χ0) is 8.55. The van der Waals surface area contributed by atoms with Gasteiger partial charge in [-0.25, -0.2) is 0 Å². The van der Waals surface area contributed by atoms with Crippen molar-refractivity contribution in [2.75, 3.05) is 7.11 Å². The monoisotopic (exact) mass is 184 g/mol. The molecule has 1 unspecified atom stereocenters. The maximum absolute atomic E-state index is 5.95. The molecule has 0 saturated heterocycles. The summed E-state index contributed by atoms with van der Waals surface area (Å²) in [6.07, 6.45) is 3.35. The first kappa shape index (κ1) is 8.01. The number of nitrogens with zero attached hydrogens (tertiary/aromatic N) is 1. The fourth-order valence-corrected chi connectivity index (χ4v) is 2.57. The highest BCUT2D eigenvalue weighted by Crippen LogP contribution is 2.36. The third-order valence-corrected chi connectivity index (χ3v) is 3.15. The number of hydrogen-bond donors (Lipinski definition) is 1. The average Bonchev–Trinajstić information content (AvgIpc) is 2.49. The van der Waals surface area contributed by atoms with E-state index in [-0.39, 0.29) is 6.04 Å². The van der Waals surface area contributed by atoms with Gasteiger partial charge < -0.3 is 10.5 Å². The molecule has 0 saturated carbocycles. The van der Waals surface area contributed by atoms with E-state index in [9.17, 15) is 0 Å². The highest BCUT2D eigenvalue weighted by molar-refractivity contribution is 7.06. The molecule has 0 aromatic carbocycles. The van der Waals surface area contributed by atoms with Crippen molar-refractivity contribution in [2.24, 2.45) is 5.73 Å². The molecule has 1 atom stereocenters. The van der Waals surface area contributed by atoms with Crippen molar-refractivity contribution in [1.29, 1.82) is 0 Å². The second-order valence-electron chi connectivity index (χ2n) is 3.03. The van der Waals surface area contributed by atoms with Gasteiger partial charge in [-0.15, -0.1) is 0 Å². The van der Waals surface area contributed by atoms with E-state index in [1.54, 1.807) is 7.11 Å². The highest BCUT2D eigenvalue weighted by atomic mass is 32.1. The summed E-state index contributed by atoms with van der Waals surface area (Å²) < 4.78 is 9.35. The number of methoxy groups -OCH3 is 1. The summed E-state index contributed by atoms with van der Waals surface area (Å²) in [7, 11) is 1.65. The van der Waals surface area contributed by atoms with Gasteiger partial charge in [0.2, 0.25) is 5.88 Å². The average molecular weight is 184 g/mol. The number of aryl methyl sites for hydroxylation is 1. The van der Waals surface area contributed by atoms with Gasteiger partial charge in [-0.1, -0.05) is 0 Å². The number of ether oxygens (including phenoxy) is 1. The lowest BCUT2D eigenvalue weighted by atomic mass is 9.95. The maximum atomic E-state index is 5.95. The SMILES string of the molecule is COc1nsc2c1C(N)CCC2. The Labute approximate surface area is 75.7 Å². The lowest BCUT2D eigenvalue weighted by molar-refractivity contribution is 0.389. The molecule has 3 nitrogen and oxygen atoms in total. The van der Waals surface area contributed by atoms with Gasteiger partial charge in [-0.2, -0.15) is 4.37 Å². The Morgan fingerprint density at radius 3 is 3.25 bits per heavy atom. The molecule has 1 aromatic heterocycles. The van der Waals surface area contributed by atoms with E-state index in [4.69, 9.17) is 10.5 Å². The minimum atomic E-state index is 0.141. The van der Waals surface area contributed by atoms with Gasteiger partial charge in [0.15, 0.2) is 0 Å². The molecule has 12 heavy (non-hydrogen) atoms. The quantitative estimate of drug-likeness (QED) is 0.719. The number of fused-ring (bicyclic) bond motifs is 1. The summed E-state index contributed by atoms with van der Waals surface area (Å²) >= 11 is 1.53. The Morgan fingerprint density at radius 1 is 1.67 bits per heavy atom. The predicted octanol–water partition coefficient (Wildman–Crippen LogP) is 1.49. The van der Waals surface area contributed by atoms with Crippen molar-refractivity contribution in [3.8, 4) is 5.88 Å². The van der Waals surface area contributed by atoms with Crippen LogP contribution in [0.15, 0.2) is 0 Å². The molecule has 0 amide bonds. The molecule has 0 spiro atoms. The van der Waals surface area contributed by atoms with Crippen molar-refractivity contribution in [3.63, 3.8) is 0 Å². The van der Waals surface area contributed by atoms with Crippen molar-refractivity contribution >= 4 is 11.5 Å². The molecule has 1 aliphatic carbocycles. The normalized spacial score (nSPS) is 22.0. The Kier molecular flexibility index (Phi) is 2.02. The topological polar surface area (TPSA) is 48.1 Å². The molecule has 1 aliphatic rings. The van der Waals surface area contributed by atoms with Crippen LogP contribution in [0.5, 0.6) is 5.88 Å². The molecule has 1 aromatic rings. The van der Waals surface area contributed by atoms with E-state index in [0.717, 1.165) is 24.3 Å². The summed E-state index contributed by atoms with van der Waals surface area (Å²) in [6, 6.07) is 0.141. The second-order valence-corrected chi connectivity index (χ2v) is 3.89. The Hall–Kier alpha value is -0.610. The summed E-state index contributed by atoms with van der Waals surface area (Å²) in [4.78, 5) is 1.31. The Morgan fingerprint density at radius 2 is 2.50 bits per heavy atom. The van der Waals surface area contributed by atoms with Crippen molar-refractivity contribution in [2.45, 2.75) is 25.3 Å². The van der Waals surface area contributed by atoms with Gasteiger partial charge in [0.25, 0.3) is 0 Å². The van der Waals surface area contributed by atoms with Gasteiger partial charge in [0.05, 0.1) is 7.11 Å². The van der Waals surface area contributed by atoms with Gasteiger partial charge in [-0.05, 0) is 30.8 Å². The van der Waals surface area contributed by atoms with E-state index in [1.165, 1.54) is 22.8 Å². The standard InChI is InChI=1S/C8H12N2OS/c1-11-8-7-5(9)3-2-4-6(7)12-10-8/h5H,2-4,9H2,1H3. The van der Waals surface area contributed by atoms with Crippen LogP contribution in [0.2, 0.25) is 0 Å². The predicted molar refractivity (Wildman–Crippen MR) is 48.5 cm³/mol. The maximum Gasteiger partial charge on any atom is 0.230 e. The van der Waals surface area contributed by atoms with Crippen molar-refractivity contribution in [1.82, 2.24) is 4.37 Å². The van der Waals surface area contributed by atoms with E-state index in [0.29, 0.717) is 0 Å². The molecule has 0 fully saturated rings. The van der Waals surface area contributed by atoms with Crippen LogP contribution in [0.25, 0.3) is 0 Å². The van der Waals surface area contributed by atoms with Crippen LogP contribution in [0.3, 0.4) is 0 Å². The van der Waals surface area contributed by atoms with E-state index >= 15 is 0 Å². The zero-order valence-corrected chi connectivity index (χ0v) is 7.86. The molecule has 0 bridgehead atoms. The summed E-state index contributed by atoms with van der Waals surface area (Å²) in [6.45, 7) is 0. The number of aromatic nitrogens is 1. The van der Waals surface area contributed by atoms with Crippen LogP contribution in [-0.4, -0.2) is 11.5 Å². The largest absolute Gasteiger partial charge is 0.480 e. The molecular formula is C8H12N2OS.